The second kappa shape index (κ2) is 7.75. The fraction of sp³-hybridized carbons (Fsp3) is 0.400. The van der Waals surface area contributed by atoms with Crippen LogP contribution >= 0.6 is 8.58 Å². The first-order valence-corrected chi connectivity index (χ1v) is 16.9. The van der Waals surface area contributed by atoms with Gasteiger partial charge in [0.1, 0.15) is 5.75 Å². The highest BCUT2D eigenvalue weighted by Gasteiger charge is 2.27. The maximum atomic E-state index is 11.0. The lowest BCUT2D eigenvalue weighted by molar-refractivity contribution is 0.484. The minimum atomic E-state index is -1.60. The molecule has 2 rings (SSSR count). The molecule has 0 aliphatic rings. The normalized spacial score (nSPS) is 12.9. The van der Waals surface area contributed by atoms with E-state index in [4.69, 9.17) is 0 Å². The second-order valence-electron chi connectivity index (χ2n) is 8.73. The molecule has 136 valence electrons. The summed E-state index contributed by atoms with van der Waals surface area (Å²) >= 11 is 0. The Morgan fingerprint density at radius 3 is 2.12 bits per heavy atom. The molecule has 0 aliphatic heterocycles. The Morgan fingerprint density at radius 1 is 0.920 bits per heavy atom. The predicted molar refractivity (Wildman–Crippen MR) is 121 cm³/mol. The quantitative estimate of drug-likeness (QED) is 0.588. The molecule has 0 heterocycles. The summed E-state index contributed by atoms with van der Waals surface area (Å²) in [5.41, 5.74) is 1.32. The summed E-state index contributed by atoms with van der Waals surface area (Å²) < 4.78 is 0. The fourth-order valence-electron chi connectivity index (χ4n) is 2.87. The minimum absolute atomic E-state index is 0.490. The zero-order valence-electron chi connectivity index (χ0n) is 16.6. The molecule has 0 aliphatic carbocycles. The molecule has 25 heavy (non-hydrogen) atoms. The van der Waals surface area contributed by atoms with Crippen LogP contribution in [0.25, 0.3) is 0 Å². The van der Waals surface area contributed by atoms with Gasteiger partial charge in [-0.25, -0.2) is 0 Å². The lowest BCUT2D eigenvalue weighted by atomic mass is 10.2. The van der Waals surface area contributed by atoms with E-state index in [-0.39, 0.29) is 0 Å². The number of nitrogens with one attached hydrogen (secondary N) is 1. The van der Waals surface area contributed by atoms with E-state index in [2.05, 4.69) is 81.0 Å². The second-order valence-corrected chi connectivity index (χ2v) is 20.2. The number of phenolic OH excluding ortho intramolecular Hbond substituents is 1. The molecule has 1 unspecified atom stereocenters. The standard InChI is InChI=1S/C20H32NOPSi2/c1-21-14-15-10-8-9-11-17(15)23-18-12-16(24(2,3)4)13-19(20(18)22)25(5,6)7/h8-13,21-23H,14H2,1-7H3. The van der Waals surface area contributed by atoms with Gasteiger partial charge in [0.2, 0.25) is 0 Å². The number of rotatable bonds is 6. The average molecular weight is 390 g/mol. The summed E-state index contributed by atoms with van der Waals surface area (Å²) in [4.78, 5) is 0. The Balaban J connectivity index is 2.58. The molecule has 0 saturated carbocycles. The molecule has 0 bridgehead atoms. The van der Waals surface area contributed by atoms with Crippen LogP contribution in [0.15, 0.2) is 36.4 Å². The largest absolute Gasteiger partial charge is 0.507 e. The van der Waals surface area contributed by atoms with Crippen LogP contribution in [0.3, 0.4) is 0 Å². The third-order valence-corrected chi connectivity index (χ3v) is 9.86. The van der Waals surface area contributed by atoms with Crippen molar-refractivity contribution in [3.63, 3.8) is 0 Å². The van der Waals surface area contributed by atoms with Gasteiger partial charge in [-0.15, -0.1) is 0 Å². The predicted octanol–water partition coefficient (Wildman–Crippen LogP) is 2.83. The zero-order chi connectivity index (χ0) is 18.8. The SMILES string of the molecule is CNCc1ccccc1Pc1cc([Si](C)(C)C)cc([Si](C)(C)C)c1O. The van der Waals surface area contributed by atoms with Crippen LogP contribution < -0.4 is 26.3 Å². The molecule has 5 heteroatoms. The first-order chi connectivity index (χ1) is 11.5. The molecule has 0 spiro atoms. The van der Waals surface area contributed by atoms with E-state index in [0.717, 1.165) is 11.8 Å². The Hall–Kier alpha value is -0.936. The van der Waals surface area contributed by atoms with Crippen LogP contribution in [0.1, 0.15) is 5.56 Å². The van der Waals surface area contributed by atoms with Gasteiger partial charge in [0, 0.05) is 11.8 Å². The van der Waals surface area contributed by atoms with Gasteiger partial charge in [0.25, 0.3) is 0 Å². The van der Waals surface area contributed by atoms with Crippen LogP contribution in [0.5, 0.6) is 5.75 Å². The topological polar surface area (TPSA) is 32.3 Å². The van der Waals surface area contributed by atoms with Crippen molar-refractivity contribution in [2.75, 3.05) is 7.05 Å². The number of aromatic hydroxyl groups is 1. The molecule has 0 fully saturated rings. The summed E-state index contributed by atoms with van der Waals surface area (Å²) in [6.45, 7) is 15.0. The van der Waals surface area contributed by atoms with Crippen LogP contribution in [0, 0.1) is 0 Å². The van der Waals surface area contributed by atoms with Crippen molar-refractivity contribution >= 4 is 45.7 Å². The molecule has 0 saturated heterocycles. The van der Waals surface area contributed by atoms with E-state index in [1.54, 1.807) is 0 Å². The van der Waals surface area contributed by atoms with Crippen molar-refractivity contribution in [1.82, 2.24) is 5.32 Å². The molecular formula is C20H32NOPSi2. The third-order valence-electron chi connectivity index (χ3n) is 4.44. The first-order valence-electron chi connectivity index (χ1n) is 8.91. The van der Waals surface area contributed by atoms with Crippen LogP contribution in [0.4, 0.5) is 0 Å². The van der Waals surface area contributed by atoms with Crippen LogP contribution in [-0.4, -0.2) is 28.3 Å². The highest BCUT2D eigenvalue weighted by Crippen LogP contribution is 2.22. The first kappa shape index (κ1) is 20.4. The minimum Gasteiger partial charge on any atom is -0.507 e. The molecule has 2 nitrogen and oxygen atoms in total. The van der Waals surface area contributed by atoms with Gasteiger partial charge in [-0.1, -0.05) is 89.4 Å². The highest BCUT2D eigenvalue weighted by atomic mass is 31.1. The Morgan fingerprint density at radius 2 is 1.56 bits per heavy atom. The van der Waals surface area contributed by atoms with Gasteiger partial charge in [0.15, 0.2) is 0 Å². The highest BCUT2D eigenvalue weighted by molar-refractivity contribution is 7.56. The summed E-state index contributed by atoms with van der Waals surface area (Å²) in [5.74, 6) is 0.541. The van der Waals surface area contributed by atoms with Gasteiger partial charge in [-0.2, -0.15) is 0 Å². The van der Waals surface area contributed by atoms with Gasteiger partial charge < -0.3 is 10.4 Å². The monoisotopic (exact) mass is 389 g/mol. The van der Waals surface area contributed by atoms with Crippen molar-refractivity contribution in [2.45, 2.75) is 45.8 Å². The Bertz CT molecular complexity index is 748. The third kappa shape index (κ3) is 5.04. The van der Waals surface area contributed by atoms with E-state index in [1.807, 2.05) is 7.05 Å². The fourth-order valence-corrected chi connectivity index (χ4v) is 7.15. The maximum Gasteiger partial charge on any atom is 0.122 e. The van der Waals surface area contributed by atoms with Crippen molar-refractivity contribution in [2.24, 2.45) is 0 Å². The molecule has 2 N–H and O–H groups in total. The summed E-state index contributed by atoms with van der Waals surface area (Å²) in [6.07, 6.45) is 0. The molecule has 0 aromatic heterocycles. The lowest BCUT2D eigenvalue weighted by Gasteiger charge is -2.26. The average Bonchev–Trinajstić information content (AvgIpc) is 2.49. The number of benzene rings is 2. The van der Waals surface area contributed by atoms with Crippen LogP contribution in [-0.2, 0) is 6.54 Å². The molecule has 2 aromatic rings. The summed E-state index contributed by atoms with van der Waals surface area (Å²) in [6, 6.07) is 13.1. The Labute approximate surface area is 156 Å². The lowest BCUT2D eigenvalue weighted by Crippen LogP contribution is -2.47. The Kier molecular flexibility index (Phi) is 6.32. The molecule has 1 atom stereocenters. The number of hydrogen-bond donors (Lipinski definition) is 2. The van der Waals surface area contributed by atoms with E-state index in [1.165, 1.54) is 21.2 Å². The van der Waals surface area contributed by atoms with Gasteiger partial charge >= 0.3 is 0 Å². The van der Waals surface area contributed by atoms with Crippen molar-refractivity contribution in [3.05, 3.63) is 42.0 Å². The van der Waals surface area contributed by atoms with Gasteiger partial charge in [-0.05, 0) is 23.1 Å². The zero-order valence-corrected chi connectivity index (χ0v) is 19.6. The van der Waals surface area contributed by atoms with E-state index < -0.39 is 16.1 Å². The van der Waals surface area contributed by atoms with E-state index in [9.17, 15) is 5.11 Å². The van der Waals surface area contributed by atoms with Crippen LogP contribution in [0.2, 0.25) is 39.3 Å². The van der Waals surface area contributed by atoms with Gasteiger partial charge in [-0.3, -0.25) is 0 Å². The molecular weight excluding hydrogens is 357 g/mol. The number of hydrogen-bond acceptors (Lipinski definition) is 2. The number of phenols is 1. The van der Waals surface area contributed by atoms with E-state index in [0.29, 0.717) is 14.3 Å². The summed E-state index contributed by atoms with van der Waals surface area (Å²) in [7, 11) is -0.573. The van der Waals surface area contributed by atoms with Crippen molar-refractivity contribution in [3.8, 4) is 5.75 Å². The van der Waals surface area contributed by atoms with Crippen molar-refractivity contribution in [1.29, 1.82) is 0 Å². The maximum absolute atomic E-state index is 11.0. The van der Waals surface area contributed by atoms with Gasteiger partial charge in [0.05, 0.1) is 16.1 Å². The van der Waals surface area contributed by atoms with Crippen molar-refractivity contribution < 1.29 is 5.11 Å². The summed E-state index contributed by atoms with van der Waals surface area (Å²) in [5, 5.41) is 19.4. The molecule has 0 amide bonds. The molecule has 0 radical (unpaired) electrons. The van der Waals surface area contributed by atoms with E-state index >= 15 is 0 Å². The smallest absolute Gasteiger partial charge is 0.122 e. The molecule has 2 aromatic carbocycles.